The van der Waals surface area contributed by atoms with Gasteiger partial charge in [0.1, 0.15) is 11.3 Å². The molecule has 2 aromatic rings. The Morgan fingerprint density at radius 3 is 2.75 bits per heavy atom. The van der Waals surface area contributed by atoms with Gasteiger partial charge < -0.3 is 9.73 Å². The lowest BCUT2D eigenvalue weighted by molar-refractivity contribution is 0.250. The molecule has 1 aromatic carbocycles. The van der Waals surface area contributed by atoms with E-state index in [4.69, 9.17) is 4.42 Å². The number of benzene rings is 1. The van der Waals surface area contributed by atoms with Crippen LogP contribution in [0, 0.1) is 12.8 Å². The maximum Gasteiger partial charge on any atom is 0.134 e. The minimum atomic E-state index is 0.382. The van der Waals surface area contributed by atoms with Gasteiger partial charge in [0.15, 0.2) is 0 Å². The minimum absolute atomic E-state index is 0.382. The topological polar surface area (TPSA) is 25.2 Å². The van der Waals surface area contributed by atoms with Crippen LogP contribution in [0.2, 0.25) is 0 Å². The third-order valence-corrected chi connectivity index (χ3v) is 4.54. The molecule has 0 aliphatic heterocycles. The quantitative estimate of drug-likeness (QED) is 0.849. The molecule has 1 aromatic heterocycles. The van der Waals surface area contributed by atoms with Crippen LogP contribution in [0.3, 0.4) is 0 Å². The van der Waals surface area contributed by atoms with Gasteiger partial charge in [-0.05, 0) is 50.4 Å². The van der Waals surface area contributed by atoms with E-state index in [0.717, 1.165) is 23.8 Å². The highest BCUT2D eigenvalue weighted by Crippen LogP contribution is 2.36. The molecule has 1 saturated carbocycles. The van der Waals surface area contributed by atoms with Crippen molar-refractivity contribution in [2.45, 2.75) is 52.0 Å². The summed E-state index contributed by atoms with van der Waals surface area (Å²) in [4.78, 5) is 0. The zero-order valence-electron chi connectivity index (χ0n) is 12.6. The molecule has 2 nitrogen and oxygen atoms in total. The van der Waals surface area contributed by atoms with Gasteiger partial charge >= 0.3 is 0 Å². The first kappa shape index (κ1) is 13.7. The molecule has 1 atom stereocenters. The van der Waals surface area contributed by atoms with E-state index in [1.54, 1.807) is 0 Å². The summed E-state index contributed by atoms with van der Waals surface area (Å²) in [5.41, 5.74) is 2.31. The van der Waals surface area contributed by atoms with E-state index in [1.807, 2.05) is 0 Å². The maximum atomic E-state index is 6.13. The molecule has 1 fully saturated rings. The van der Waals surface area contributed by atoms with Crippen molar-refractivity contribution in [2.24, 2.45) is 5.92 Å². The first-order valence-corrected chi connectivity index (χ1v) is 8.01. The van der Waals surface area contributed by atoms with Crippen LogP contribution in [0.25, 0.3) is 11.0 Å². The molecule has 1 heterocycles. The molecule has 1 aliphatic rings. The zero-order chi connectivity index (χ0) is 13.9. The summed E-state index contributed by atoms with van der Waals surface area (Å²) in [6, 6.07) is 9.06. The van der Waals surface area contributed by atoms with Gasteiger partial charge in [-0.3, -0.25) is 0 Å². The monoisotopic (exact) mass is 271 g/mol. The zero-order valence-corrected chi connectivity index (χ0v) is 12.6. The lowest BCUT2D eigenvalue weighted by atomic mass is 9.83. The number of nitrogens with one attached hydrogen (secondary N) is 1. The molecule has 1 aliphatic carbocycles. The van der Waals surface area contributed by atoms with Gasteiger partial charge in [0.2, 0.25) is 0 Å². The van der Waals surface area contributed by atoms with Crippen LogP contribution in [-0.4, -0.2) is 6.54 Å². The lowest BCUT2D eigenvalue weighted by Crippen LogP contribution is -2.29. The Labute approximate surface area is 121 Å². The van der Waals surface area contributed by atoms with Crippen LogP contribution in [0.5, 0.6) is 0 Å². The number of furan rings is 1. The van der Waals surface area contributed by atoms with Gasteiger partial charge in [-0.1, -0.05) is 37.8 Å². The fourth-order valence-electron chi connectivity index (χ4n) is 3.52. The largest absolute Gasteiger partial charge is 0.459 e. The first-order chi connectivity index (χ1) is 9.78. The summed E-state index contributed by atoms with van der Waals surface area (Å²) >= 11 is 0. The predicted octanol–water partition coefficient (Wildman–Crippen LogP) is 4.97. The van der Waals surface area contributed by atoms with Gasteiger partial charge in [-0.25, -0.2) is 0 Å². The highest BCUT2D eigenvalue weighted by Gasteiger charge is 2.26. The van der Waals surface area contributed by atoms with E-state index in [0.29, 0.717) is 6.04 Å². The molecule has 1 N–H and O–H groups in total. The van der Waals surface area contributed by atoms with Crippen molar-refractivity contribution in [1.82, 2.24) is 5.32 Å². The maximum absolute atomic E-state index is 6.13. The highest BCUT2D eigenvalue weighted by atomic mass is 16.3. The standard InChI is InChI=1S/C18H25NO/c1-3-19-18(14-7-5-4-6-8-14)17-12-15-11-13(2)9-10-16(15)20-17/h9-12,14,18-19H,3-8H2,1-2H3. The fourth-order valence-corrected chi connectivity index (χ4v) is 3.52. The van der Waals surface area contributed by atoms with E-state index >= 15 is 0 Å². The number of hydrogen-bond acceptors (Lipinski definition) is 2. The number of rotatable bonds is 4. The Hall–Kier alpha value is -1.28. The number of hydrogen-bond donors (Lipinski definition) is 1. The Morgan fingerprint density at radius 1 is 1.20 bits per heavy atom. The van der Waals surface area contributed by atoms with Crippen molar-refractivity contribution in [1.29, 1.82) is 0 Å². The summed E-state index contributed by atoms with van der Waals surface area (Å²) in [7, 11) is 0. The van der Waals surface area contributed by atoms with Gasteiger partial charge in [-0.15, -0.1) is 0 Å². The van der Waals surface area contributed by atoms with Crippen LogP contribution in [0.15, 0.2) is 28.7 Å². The second kappa shape index (κ2) is 6.01. The molecule has 20 heavy (non-hydrogen) atoms. The summed E-state index contributed by atoms with van der Waals surface area (Å²) in [6.45, 7) is 5.31. The summed E-state index contributed by atoms with van der Waals surface area (Å²) in [6.07, 6.45) is 6.79. The van der Waals surface area contributed by atoms with E-state index in [9.17, 15) is 0 Å². The SMILES string of the molecule is CCNC(c1cc2cc(C)ccc2o1)C1CCCCC1. The third-order valence-electron chi connectivity index (χ3n) is 4.54. The molecule has 2 heteroatoms. The molecule has 0 radical (unpaired) electrons. The number of aryl methyl sites for hydroxylation is 1. The molecule has 108 valence electrons. The van der Waals surface area contributed by atoms with Crippen LogP contribution in [0.4, 0.5) is 0 Å². The van der Waals surface area contributed by atoms with Gasteiger partial charge in [0.25, 0.3) is 0 Å². The normalized spacial score (nSPS) is 18.5. The Morgan fingerprint density at radius 2 is 2.00 bits per heavy atom. The lowest BCUT2D eigenvalue weighted by Gasteiger charge is -2.29. The van der Waals surface area contributed by atoms with Crippen LogP contribution < -0.4 is 5.32 Å². The molecule has 0 amide bonds. The molecular weight excluding hydrogens is 246 g/mol. The molecule has 0 saturated heterocycles. The van der Waals surface area contributed by atoms with Gasteiger partial charge in [0.05, 0.1) is 6.04 Å². The average Bonchev–Trinajstić information content (AvgIpc) is 2.88. The van der Waals surface area contributed by atoms with Crippen LogP contribution in [0.1, 0.15) is 56.4 Å². The number of fused-ring (bicyclic) bond motifs is 1. The van der Waals surface area contributed by atoms with E-state index in [-0.39, 0.29) is 0 Å². The first-order valence-electron chi connectivity index (χ1n) is 8.01. The van der Waals surface area contributed by atoms with E-state index in [2.05, 4.69) is 43.4 Å². The minimum Gasteiger partial charge on any atom is -0.459 e. The van der Waals surface area contributed by atoms with Crippen molar-refractivity contribution in [3.63, 3.8) is 0 Å². The van der Waals surface area contributed by atoms with E-state index in [1.165, 1.54) is 43.1 Å². The Kier molecular flexibility index (Phi) is 4.11. The summed E-state index contributed by atoms with van der Waals surface area (Å²) < 4.78 is 6.13. The second-order valence-electron chi connectivity index (χ2n) is 6.12. The van der Waals surface area contributed by atoms with Crippen molar-refractivity contribution < 1.29 is 4.42 Å². The molecule has 1 unspecified atom stereocenters. The van der Waals surface area contributed by atoms with Crippen LogP contribution in [-0.2, 0) is 0 Å². The summed E-state index contributed by atoms with van der Waals surface area (Å²) in [5, 5.41) is 4.89. The fraction of sp³-hybridized carbons (Fsp3) is 0.556. The molecule has 3 rings (SSSR count). The van der Waals surface area contributed by atoms with Gasteiger partial charge in [0, 0.05) is 5.39 Å². The van der Waals surface area contributed by atoms with E-state index < -0.39 is 0 Å². The average molecular weight is 271 g/mol. The molecular formula is C18H25NO. The molecule has 0 bridgehead atoms. The Bertz CT molecular complexity index is 566. The third kappa shape index (κ3) is 2.76. The Balaban J connectivity index is 1.91. The predicted molar refractivity (Wildman–Crippen MR) is 83.9 cm³/mol. The smallest absolute Gasteiger partial charge is 0.134 e. The second-order valence-corrected chi connectivity index (χ2v) is 6.12. The highest BCUT2D eigenvalue weighted by molar-refractivity contribution is 5.78. The summed E-state index contributed by atoms with van der Waals surface area (Å²) in [5.74, 6) is 1.85. The van der Waals surface area contributed by atoms with Crippen LogP contribution >= 0.6 is 0 Å². The van der Waals surface area contributed by atoms with Crippen molar-refractivity contribution >= 4 is 11.0 Å². The van der Waals surface area contributed by atoms with Crippen molar-refractivity contribution in [3.8, 4) is 0 Å². The van der Waals surface area contributed by atoms with Crippen molar-refractivity contribution in [3.05, 3.63) is 35.6 Å². The van der Waals surface area contributed by atoms with Gasteiger partial charge in [-0.2, -0.15) is 0 Å². The molecule has 0 spiro atoms. The van der Waals surface area contributed by atoms with Crippen molar-refractivity contribution in [2.75, 3.05) is 6.54 Å².